The Morgan fingerprint density at radius 1 is 1.35 bits per heavy atom. The molecule has 96 valence electrons. The molecule has 1 atom stereocenters. The predicted octanol–water partition coefficient (Wildman–Crippen LogP) is 0.594. The minimum absolute atomic E-state index is 0.0810. The van der Waals surface area contributed by atoms with Gasteiger partial charge in [0.1, 0.15) is 0 Å². The van der Waals surface area contributed by atoms with Crippen molar-refractivity contribution in [3.8, 4) is 0 Å². The van der Waals surface area contributed by atoms with Gasteiger partial charge in [0.05, 0.1) is 12.5 Å². The van der Waals surface area contributed by atoms with E-state index in [9.17, 15) is 9.59 Å². The molecule has 5 heteroatoms. The molecule has 1 aliphatic heterocycles. The number of carbonyl (C=O) groups is 2. The molecule has 1 saturated heterocycles. The van der Waals surface area contributed by atoms with Crippen LogP contribution in [0.15, 0.2) is 0 Å². The summed E-state index contributed by atoms with van der Waals surface area (Å²) in [6.07, 6.45) is 5.43. The molecule has 2 rings (SSSR count). The van der Waals surface area contributed by atoms with Crippen LogP contribution >= 0.6 is 0 Å². The Hall–Kier alpha value is -1.10. The molecule has 0 aromatic carbocycles. The van der Waals surface area contributed by atoms with E-state index in [-0.39, 0.29) is 12.3 Å². The molecule has 2 fully saturated rings. The highest BCUT2D eigenvalue weighted by Crippen LogP contribution is 2.27. The normalized spacial score (nSPS) is 27.8. The first-order valence-electron chi connectivity index (χ1n) is 6.44. The molecular weight excluding hydrogens is 220 g/mol. The number of hydrogen-bond donors (Lipinski definition) is 2. The average Bonchev–Trinajstić information content (AvgIpc) is 2.74. The van der Waals surface area contributed by atoms with E-state index in [1.807, 2.05) is 0 Å². The van der Waals surface area contributed by atoms with E-state index < -0.39 is 12.0 Å². The second-order valence-electron chi connectivity index (χ2n) is 4.93. The van der Waals surface area contributed by atoms with Gasteiger partial charge in [-0.25, -0.2) is 0 Å². The first-order chi connectivity index (χ1) is 8.18. The molecule has 1 aliphatic carbocycles. The van der Waals surface area contributed by atoms with E-state index in [2.05, 4.69) is 10.2 Å². The van der Waals surface area contributed by atoms with Crippen LogP contribution in [-0.2, 0) is 9.59 Å². The number of carbonyl (C=O) groups excluding carboxylic acids is 1. The van der Waals surface area contributed by atoms with Crippen molar-refractivity contribution in [1.82, 2.24) is 10.2 Å². The van der Waals surface area contributed by atoms with Gasteiger partial charge in [-0.3, -0.25) is 14.5 Å². The Morgan fingerprint density at radius 3 is 2.71 bits per heavy atom. The van der Waals surface area contributed by atoms with Gasteiger partial charge in [0.15, 0.2) is 0 Å². The highest BCUT2D eigenvalue weighted by Gasteiger charge is 2.35. The van der Waals surface area contributed by atoms with Crippen molar-refractivity contribution in [3.63, 3.8) is 0 Å². The number of rotatable bonds is 3. The van der Waals surface area contributed by atoms with Gasteiger partial charge in [-0.05, 0) is 19.3 Å². The van der Waals surface area contributed by atoms with E-state index >= 15 is 0 Å². The van der Waals surface area contributed by atoms with E-state index in [0.29, 0.717) is 12.6 Å². The molecule has 2 N–H and O–H groups in total. The van der Waals surface area contributed by atoms with E-state index in [0.717, 1.165) is 25.8 Å². The topological polar surface area (TPSA) is 69.6 Å². The fourth-order valence-electron chi connectivity index (χ4n) is 2.95. The van der Waals surface area contributed by atoms with Crippen molar-refractivity contribution in [3.05, 3.63) is 0 Å². The molecule has 1 heterocycles. The average molecular weight is 240 g/mol. The molecule has 1 amide bonds. The zero-order valence-corrected chi connectivity index (χ0v) is 10.0. The van der Waals surface area contributed by atoms with E-state index in [1.165, 1.54) is 12.8 Å². The van der Waals surface area contributed by atoms with Crippen LogP contribution in [0.5, 0.6) is 0 Å². The van der Waals surface area contributed by atoms with Gasteiger partial charge in [0, 0.05) is 19.1 Å². The molecule has 0 aromatic heterocycles. The van der Waals surface area contributed by atoms with Crippen LogP contribution in [0.3, 0.4) is 0 Å². The quantitative estimate of drug-likeness (QED) is 0.757. The molecule has 0 aromatic rings. The highest BCUT2D eigenvalue weighted by atomic mass is 16.4. The first-order valence-corrected chi connectivity index (χ1v) is 6.44. The monoisotopic (exact) mass is 240 g/mol. The predicted molar refractivity (Wildman–Crippen MR) is 62.6 cm³/mol. The van der Waals surface area contributed by atoms with Crippen LogP contribution in [0, 0.1) is 0 Å². The molecule has 5 nitrogen and oxygen atoms in total. The maximum atomic E-state index is 11.9. The number of nitrogens with one attached hydrogen (secondary N) is 1. The summed E-state index contributed by atoms with van der Waals surface area (Å²) in [5.41, 5.74) is 0. The van der Waals surface area contributed by atoms with Gasteiger partial charge in [-0.15, -0.1) is 0 Å². The summed E-state index contributed by atoms with van der Waals surface area (Å²) < 4.78 is 0. The third-order valence-corrected chi connectivity index (χ3v) is 3.76. The molecule has 0 bridgehead atoms. The molecule has 17 heavy (non-hydrogen) atoms. The number of nitrogens with zero attached hydrogens (tertiary/aromatic N) is 1. The summed E-state index contributed by atoms with van der Waals surface area (Å²) >= 11 is 0. The number of aliphatic carboxylic acids is 1. The Labute approximate surface area is 101 Å². The van der Waals surface area contributed by atoms with Gasteiger partial charge in [-0.1, -0.05) is 12.8 Å². The van der Waals surface area contributed by atoms with Gasteiger partial charge in [-0.2, -0.15) is 0 Å². The summed E-state index contributed by atoms with van der Waals surface area (Å²) in [5, 5.41) is 11.7. The van der Waals surface area contributed by atoms with Crippen LogP contribution < -0.4 is 5.32 Å². The Kier molecular flexibility index (Phi) is 3.99. The van der Waals surface area contributed by atoms with Gasteiger partial charge < -0.3 is 10.4 Å². The van der Waals surface area contributed by atoms with Crippen LogP contribution in [0.1, 0.15) is 38.5 Å². The molecular formula is C12H20N2O3. The lowest BCUT2D eigenvalue weighted by Crippen LogP contribution is -2.49. The summed E-state index contributed by atoms with van der Waals surface area (Å²) in [6.45, 7) is 1.50. The first kappa shape index (κ1) is 12.4. The maximum Gasteiger partial charge on any atom is 0.305 e. The zero-order chi connectivity index (χ0) is 12.3. The largest absolute Gasteiger partial charge is 0.481 e. The van der Waals surface area contributed by atoms with E-state index in [4.69, 9.17) is 5.11 Å². The van der Waals surface area contributed by atoms with Crippen molar-refractivity contribution in [2.45, 2.75) is 50.6 Å². The van der Waals surface area contributed by atoms with Gasteiger partial charge >= 0.3 is 5.97 Å². The van der Waals surface area contributed by atoms with E-state index in [1.54, 1.807) is 0 Å². The van der Waals surface area contributed by atoms with Crippen molar-refractivity contribution in [1.29, 1.82) is 0 Å². The Balaban J connectivity index is 2.11. The number of hydrogen-bond acceptors (Lipinski definition) is 3. The van der Waals surface area contributed by atoms with Crippen molar-refractivity contribution in [2.24, 2.45) is 0 Å². The van der Waals surface area contributed by atoms with Crippen molar-refractivity contribution >= 4 is 11.9 Å². The fourth-order valence-corrected chi connectivity index (χ4v) is 2.95. The molecule has 0 spiro atoms. The SMILES string of the molecule is O=C(O)CC1C(=O)NCCCN1C1CCCC1. The lowest BCUT2D eigenvalue weighted by Gasteiger charge is -2.32. The van der Waals surface area contributed by atoms with Gasteiger partial charge in [0.2, 0.25) is 5.91 Å². The minimum Gasteiger partial charge on any atom is -0.481 e. The second-order valence-corrected chi connectivity index (χ2v) is 4.93. The lowest BCUT2D eigenvalue weighted by molar-refractivity contribution is -0.142. The number of carboxylic acids is 1. The Morgan fingerprint density at radius 2 is 2.06 bits per heavy atom. The van der Waals surface area contributed by atoms with Crippen LogP contribution in [0.25, 0.3) is 0 Å². The fraction of sp³-hybridized carbons (Fsp3) is 0.833. The number of carboxylic acid groups (broad SMARTS) is 1. The smallest absolute Gasteiger partial charge is 0.305 e. The third kappa shape index (κ3) is 2.97. The van der Waals surface area contributed by atoms with Crippen LogP contribution in [0.4, 0.5) is 0 Å². The minimum atomic E-state index is -0.893. The van der Waals surface area contributed by atoms with Crippen molar-refractivity contribution in [2.75, 3.05) is 13.1 Å². The second kappa shape index (κ2) is 5.49. The Bertz CT molecular complexity index is 300. The summed E-state index contributed by atoms with van der Waals surface area (Å²) in [4.78, 5) is 24.9. The third-order valence-electron chi connectivity index (χ3n) is 3.76. The summed E-state index contributed by atoms with van der Waals surface area (Å²) in [7, 11) is 0. The molecule has 1 unspecified atom stereocenters. The summed E-state index contributed by atoms with van der Waals surface area (Å²) in [5.74, 6) is -1.01. The molecule has 0 radical (unpaired) electrons. The van der Waals surface area contributed by atoms with Crippen LogP contribution in [0.2, 0.25) is 0 Å². The highest BCUT2D eigenvalue weighted by molar-refractivity contribution is 5.86. The number of amides is 1. The zero-order valence-electron chi connectivity index (χ0n) is 10.0. The lowest BCUT2D eigenvalue weighted by atomic mass is 10.1. The molecule has 1 saturated carbocycles. The summed E-state index contributed by atoms with van der Waals surface area (Å²) in [6, 6.07) is -0.0682. The van der Waals surface area contributed by atoms with Gasteiger partial charge in [0.25, 0.3) is 0 Å². The molecule has 2 aliphatic rings. The maximum absolute atomic E-state index is 11.9. The van der Waals surface area contributed by atoms with Crippen LogP contribution in [-0.4, -0.2) is 47.1 Å². The van der Waals surface area contributed by atoms with Crippen molar-refractivity contribution < 1.29 is 14.7 Å². The standard InChI is InChI=1S/C12H20N2O3/c15-11(16)8-10-12(17)13-6-3-7-14(10)9-4-1-2-5-9/h9-10H,1-8H2,(H,13,17)(H,15,16).